The zero-order valence-electron chi connectivity index (χ0n) is 5.44. The van der Waals surface area contributed by atoms with Crippen LogP contribution in [0.25, 0.3) is 0 Å². The highest BCUT2D eigenvalue weighted by atomic mass is 16.4. The third-order valence-corrected chi connectivity index (χ3v) is 0.607. The molecule has 5 nitrogen and oxygen atoms in total. The molecule has 0 aromatic rings. The molecule has 0 radical (unpaired) electrons. The van der Waals surface area contributed by atoms with Gasteiger partial charge in [-0.25, -0.2) is 0 Å². The number of nitrogens with two attached hydrogens (primary N) is 1. The molecule has 0 saturated carbocycles. The molecule has 2 atom stereocenters. The first-order valence-electron chi connectivity index (χ1n) is 2.68. The first kappa shape index (κ1) is 6.03. The topological polar surface area (TPSA) is 101 Å². The molecule has 4 N–H and O–H groups in total. The van der Waals surface area contributed by atoms with Crippen molar-refractivity contribution in [3.05, 3.63) is 0 Å². The molecule has 5 heteroatoms. The molecule has 0 aromatic heterocycles. The second kappa shape index (κ2) is 3.03. The van der Waals surface area contributed by atoms with E-state index in [2.05, 4.69) is 0 Å². The Bertz CT molecular complexity index is 141. The van der Waals surface area contributed by atoms with Gasteiger partial charge in [0.05, 0.1) is 6.40 Å². The van der Waals surface area contributed by atoms with Crippen molar-refractivity contribution in [2.24, 2.45) is 5.73 Å². The molecular weight excluding hydrogens is 126 g/mol. The lowest BCUT2D eigenvalue weighted by molar-refractivity contribution is -0.144. The fourth-order valence-corrected chi connectivity index (χ4v) is 0.225. The lowest BCUT2D eigenvalue weighted by Crippen LogP contribution is -2.32. The predicted molar refractivity (Wildman–Crippen MR) is 27.9 cm³/mol. The summed E-state index contributed by atoms with van der Waals surface area (Å²) < 4.78 is 6.66. The molecule has 0 rings (SSSR count). The van der Waals surface area contributed by atoms with Crippen molar-refractivity contribution < 1.29 is 21.2 Å². The van der Waals surface area contributed by atoms with E-state index in [4.69, 9.17) is 17.3 Å². The summed E-state index contributed by atoms with van der Waals surface area (Å²) in [6, 6.07) is -1.66. The minimum atomic E-state index is -1.79. The molecular formula is C4H7NO4. The molecule has 0 spiro atoms. The van der Waals surface area contributed by atoms with Crippen molar-refractivity contribution in [1.82, 2.24) is 0 Å². The quantitative estimate of drug-likeness (QED) is 0.453. The highest BCUT2D eigenvalue weighted by Crippen LogP contribution is 1.86. The molecule has 0 bridgehead atoms. The molecule has 0 saturated heterocycles. The highest BCUT2D eigenvalue weighted by molar-refractivity contribution is 5.80. The standard InChI is InChI=1S/C4H7NO4/c5-2(4(8)9)1-3(6)7/h2H,1,5H2,(H,6,7)(H,8,9)/t2-/m1/s1/i1D/t1-,2-. The molecule has 0 unspecified atom stereocenters. The number of aliphatic carboxylic acids is 2. The van der Waals surface area contributed by atoms with E-state index in [-0.39, 0.29) is 0 Å². The van der Waals surface area contributed by atoms with Gasteiger partial charge in [-0.15, -0.1) is 0 Å². The van der Waals surface area contributed by atoms with Gasteiger partial charge in [0, 0.05) is 1.37 Å². The Morgan fingerprint density at radius 1 is 1.67 bits per heavy atom. The summed E-state index contributed by atoms with van der Waals surface area (Å²) in [7, 11) is 0. The van der Waals surface area contributed by atoms with Gasteiger partial charge >= 0.3 is 11.9 Å². The Morgan fingerprint density at radius 3 is 2.22 bits per heavy atom. The van der Waals surface area contributed by atoms with Gasteiger partial charge in [0.1, 0.15) is 6.04 Å². The number of rotatable bonds is 3. The number of carboxylic acids is 2. The molecule has 0 aliphatic carbocycles. The van der Waals surface area contributed by atoms with Crippen molar-refractivity contribution in [2.45, 2.75) is 12.4 Å². The van der Waals surface area contributed by atoms with E-state index < -0.39 is 24.4 Å². The number of hydrogen-bond donors (Lipinski definition) is 3. The summed E-state index contributed by atoms with van der Waals surface area (Å²) in [5.74, 6) is -3.02. The Labute approximate surface area is 52.5 Å². The van der Waals surface area contributed by atoms with E-state index >= 15 is 0 Å². The predicted octanol–water partition coefficient (Wildman–Crippen LogP) is -1.13. The fourth-order valence-electron chi connectivity index (χ4n) is 0.225. The zero-order valence-corrected chi connectivity index (χ0v) is 4.44. The van der Waals surface area contributed by atoms with Gasteiger partial charge in [0.15, 0.2) is 0 Å². The lowest BCUT2D eigenvalue weighted by atomic mass is 10.2. The van der Waals surface area contributed by atoms with Crippen molar-refractivity contribution in [2.75, 3.05) is 0 Å². The van der Waals surface area contributed by atoms with Crippen LogP contribution in [0.15, 0.2) is 0 Å². The summed E-state index contributed by atoms with van der Waals surface area (Å²) in [5.41, 5.74) is 4.79. The molecule has 0 fully saturated rings. The number of hydrogen-bond acceptors (Lipinski definition) is 3. The van der Waals surface area contributed by atoms with Crippen LogP contribution in [0.2, 0.25) is 0 Å². The van der Waals surface area contributed by atoms with E-state index in [1.807, 2.05) is 0 Å². The number of carbonyl (C=O) groups is 2. The maximum absolute atomic E-state index is 9.94. The minimum Gasteiger partial charge on any atom is -0.481 e. The average Bonchev–Trinajstić information content (AvgIpc) is 1.84. The lowest BCUT2D eigenvalue weighted by Gasteiger charge is -1.99. The molecule has 0 heterocycles. The van der Waals surface area contributed by atoms with E-state index in [0.29, 0.717) is 0 Å². The summed E-state index contributed by atoms with van der Waals surface area (Å²) >= 11 is 0. The molecule has 52 valence electrons. The van der Waals surface area contributed by atoms with E-state index in [1.54, 1.807) is 0 Å². The third-order valence-electron chi connectivity index (χ3n) is 0.607. The van der Waals surface area contributed by atoms with Crippen LogP contribution in [0, 0.1) is 0 Å². The number of carboxylic acid groups (broad SMARTS) is 2. The van der Waals surface area contributed by atoms with Crippen LogP contribution in [0.5, 0.6) is 0 Å². The van der Waals surface area contributed by atoms with Crippen LogP contribution in [0.1, 0.15) is 7.77 Å². The van der Waals surface area contributed by atoms with Crippen LogP contribution >= 0.6 is 0 Å². The van der Waals surface area contributed by atoms with Gasteiger partial charge in [0.25, 0.3) is 0 Å². The Morgan fingerprint density at radius 2 is 2.11 bits per heavy atom. The summed E-state index contributed by atoms with van der Waals surface area (Å²) in [5, 5.41) is 16.2. The third kappa shape index (κ3) is 3.48. The molecule has 0 aliphatic rings. The second-order valence-corrected chi connectivity index (χ2v) is 1.37. The van der Waals surface area contributed by atoms with Gasteiger partial charge in [0.2, 0.25) is 0 Å². The van der Waals surface area contributed by atoms with Gasteiger partial charge < -0.3 is 15.9 Å². The summed E-state index contributed by atoms with van der Waals surface area (Å²) in [6.07, 6.45) is -1.79. The van der Waals surface area contributed by atoms with Crippen molar-refractivity contribution in [3.8, 4) is 0 Å². The summed E-state index contributed by atoms with van der Waals surface area (Å²) in [6.45, 7) is 0. The molecule has 0 aliphatic heterocycles. The minimum absolute atomic E-state index is 1.48. The van der Waals surface area contributed by atoms with Crippen LogP contribution in [0.4, 0.5) is 0 Å². The maximum atomic E-state index is 9.94. The molecule has 0 aromatic carbocycles. The van der Waals surface area contributed by atoms with Crippen molar-refractivity contribution in [1.29, 1.82) is 0 Å². The van der Waals surface area contributed by atoms with Crippen molar-refractivity contribution in [3.63, 3.8) is 0 Å². The zero-order chi connectivity index (χ0) is 8.31. The second-order valence-electron chi connectivity index (χ2n) is 1.37. The smallest absolute Gasteiger partial charge is 0.321 e. The van der Waals surface area contributed by atoms with Gasteiger partial charge in [-0.3, -0.25) is 9.59 Å². The van der Waals surface area contributed by atoms with Crippen molar-refractivity contribution >= 4 is 11.9 Å². The normalized spacial score (nSPS) is 17.7. The Balaban J connectivity index is 4.07. The molecule has 0 amide bonds. The van der Waals surface area contributed by atoms with E-state index in [1.165, 1.54) is 0 Å². The Kier molecular flexibility index (Phi) is 2.03. The first-order chi connectivity index (χ1) is 4.46. The van der Waals surface area contributed by atoms with E-state index in [9.17, 15) is 9.59 Å². The SMILES string of the molecule is [2H][C@@H](C(=O)O)[C@@H](N)C(=O)O. The average molecular weight is 134 g/mol. The van der Waals surface area contributed by atoms with Crippen LogP contribution in [-0.4, -0.2) is 28.2 Å². The van der Waals surface area contributed by atoms with E-state index in [0.717, 1.165) is 0 Å². The summed E-state index contributed by atoms with van der Waals surface area (Å²) in [4.78, 5) is 19.9. The van der Waals surface area contributed by atoms with Gasteiger partial charge in [-0.2, -0.15) is 0 Å². The van der Waals surface area contributed by atoms with Gasteiger partial charge in [-0.1, -0.05) is 0 Å². The van der Waals surface area contributed by atoms with Crippen LogP contribution < -0.4 is 5.73 Å². The highest BCUT2D eigenvalue weighted by Gasteiger charge is 2.14. The monoisotopic (exact) mass is 134 g/mol. The van der Waals surface area contributed by atoms with Gasteiger partial charge in [-0.05, 0) is 0 Å². The van der Waals surface area contributed by atoms with Crippen LogP contribution in [-0.2, 0) is 9.59 Å². The van der Waals surface area contributed by atoms with Crippen LogP contribution in [0.3, 0.4) is 0 Å². The molecule has 9 heavy (non-hydrogen) atoms. The first-order valence-corrected chi connectivity index (χ1v) is 2.10. The fraction of sp³-hybridized carbons (Fsp3) is 0.500. The Hall–Kier alpha value is -1.10. The maximum Gasteiger partial charge on any atom is 0.321 e. The largest absolute Gasteiger partial charge is 0.481 e.